The second kappa shape index (κ2) is 7.54. The lowest BCUT2D eigenvalue weighted by Gasteiger charge is -1.93. The molecule has 0 aromatic carbocycles. The molecule has 0 unspecified atom stereocenters. The van der Waals surface area contributed by atoms with Crippen LogP contribution in [0.5, 0.6) is 0 Å². The van der Waals surface area contributed by atoms with Crippen LogP contribution in [0.3, 0.4) is 0 Å². The van der Waals surface area contributed by atoms with Crippen LogP contribution in [0.2, 0.25) is 0 Å². The molecule has 1 heterocycles. The Morgan fingerprint density at radius 1 is 1.45 bits per heavy atom. The molecule has 0 bridgehead atoms. The number of carbonyl (C=O) groups is 1. The lowest BCUT2D eigenvalue weighted by molar-refractivity contribution is -0.142. The molecule has 0 aromatic heterocycles. The highest BCUT2D eigenvalue weighted by Crippen LogP contribution is 2.06. The summed E-state index contributed by atoms with van der Waals surface area (Å²) >= 11 is 0. The van der Waals surface area contributed by atoms with Gasteiger partial charge in [-0.05, 0) is 26.2 Å². The van der Waals surface area contributed by atoms with Crippen LogP contribution in [0.25, 0.3) is 0 Å². The van der Waals surface area contributed by atoms with Gasteiger partial charge in [0, 0.05) is 13.0 Å². The van der Waals surface area contributed by atoms with Crippen LogP contribution in [0, 0.1) is 0 Å². The number of aliphatic hydroxyl groups is 1. The molecular formula is C8H16O3. The van der Waals surface area contributed by atoms with E-state index in [9.17, 15) is 4.79 Å². The number of esters is 1. The summed E-state index contributed by atoms with van der Waals surface area (Å²) in [6.07, 6.45) is 3.83. The van der Waals surface area contributed by atoms with E-state index in [0.717, 1.165) is 19.3 Å². The van der Waals surface area contributed by atoms with Gasteiger partial charge in [-0.2, -0.15) is 0 Å². The fourth-order valence-electron chi connectivity index (χ4n) is 0.806. The van der Waals surface area contributed by atoms with E-state index in [-0.39, 0.29) is 12.6 Å². The monoisotopic (exact) mass is 160 g/mol. The number of ether oxygens (including phenoxy) is 1. The second-order valence-electron chi connectivity index (χ2n) is 2.35. The average Bonchev–Trinajstić information content (AvgIpc) is 2.18. The maximum Gasteiger partial charge on any atom is 0.305 e. The molecule has 0 aliphatic carbocycles. The van der Waals surface area contributed by atoms with Gasteiger partial charge < -0.3 is 9.84 Å². The lowest BCUT2D eigenvalue weighted by atomic mass is 10.2. The fraction of sp³-hybridized carbons (Fsp3) is 0.875. The third-order valence-corrected chi connectivity index (χ3v) is 1.29. The number of rotatable bonds is 0. The molecular weight excluding hydrogens is 144 g/mol. The van der Waals surface area contributed by atoms with Gasteiger partial charge in [-0.1, -0.05) is 0 Å². The summed E-state index contributed by atoms with van der Waals surface area (Å²) in [7, 11) is 0. The molecule has 0 amide bonds. The van der Waals surface area contributed by atoms with E-state index in [2.05, 4.69) is 0 Å². The van der Waals surface area contributed by atoms with E-state index in [1.165, 1.54) is 0 Å². The molecule has 1 aliphatic rings. The molecule has 0 atom stereocenters. The highest BCUT2D eigenvalue weighted by Gasteiger charge is 2.05. The minimum Gasteiger partial charge on any atom is -0.466 e. The minimum atomic E-state index is -0.0255. The Balaban J connectivity index is 0.000000292. The molecule has 3 heteroatoms. The first-order chi connectivity index (χ1) is 5.31. The van der Waals surface area contributed by atoms with E-state index in [1.807, 2.05) is 0 Å². The number of aliphatic hydroxyl groups excluding tert-OH is 1. The highest BCUT2D eigenvalue weighted by atomic mass is 16.5. The summed E-state index contributed by atoms with van der Waals surface area (Å²) in [5.74, 6) is -0.0255. The van der Waals surface area contributed by atoms with Crippen molar-refractivity contribution in [3.63, 3.8) is 0 Å². The third-order valence-electron chi connectivity index (χ3n) is 1.29. The molecule has 0 spiro atoms. The van der Waals surface area contributed by atoms with Crippen molar-refractivity contribution in [3.8, 4) is 0 Å². The van der Waals surface area contributed by atoms with E-state index in [0.29, 0.717) is 13.0 Å². The molecule has 1 aliphatic heterocycles. The summed E-state index contributed by atoms with van der Waals surface area (Å²) in [6, 6.07) is 0. The summed E-state index contributed by atoms with van der Waals surface area (Å²) in [5, 5.41) is 7.57. The molecule has 1 N–H and O–H groups in total. The fourth-order valence-corrected chi connectivity index (χ4v) is 0.806. The van der Waals surface area contributed by atoms with E-state index in [4.69, 9.17) is 9.84 Å². The van der Waals surface area contributed by atoms with E-state index < -0.39 is 0 Å². The number of cyclic esters (lactones) is 1. The van der Waals surface area contributed by atoms with Gasteiger partial charge in [-0.25, -0.2) is 0 Å². The maximum absolute atomic E-state index is 10.5. The van der Waals surface area contributed by atoms with Crippen molar-refractivity contribution < 1.29 is 14.6 Å². The Kier molecular flexibility index (Phi) is 7.15. The van der Waals surface area contributed by atoms with Crippen LogP contribution >= 0.6 is 0 Å². The molecule has 0 saturated carbocycles. The van der Waals surface area contributed by atoms with Gasteiger partial charge in [-0.3, -0.25) is 4.79 Å². The van der Waals surface area contributed by atoms with Crippen LogP contribution in [-0.2, 0) is 9.53 Å². The predicted molar refractivity (Wildman–Crippen MR) is 42.2 cm³/mol. The zero-order chi connectivity index (χ0) is 8.53. The van der Waals surface area contributed by atoms with Crippen molar-refractivity contribution in [3.05, 3.63) is 0 Å². The van der Waals surface area contributed by atoms with Gasteiger partial charge >= 0.3 is 5.97 Å². The predicted octanol–water partition coefficient (Wildman–Crippen LogP) is 1.10. The molecule has 0 radical (unpaired) electrons. The van der Waals surface area contributed by atoms with Gasteiger partial charge in [-0.15, -0.1) is 0 Å². The first-order valence-corrected chi connectivity index (χ1v) is 4.07. The normalized spacial score (nSPS) is 17.5. The summed E-state index contributed by atoms with van der Waals surface area (Å²) in [6.45, 7) is 2.57. The smallest absolute Gasteiger partial charge is 0.305 e. The molecule has 1 fully saturated rings. The molecule has 66 valence electrons. The zero-order valence-electron chi connectivity index (χ0n) is 7.01. The quantitative estimate of drug-likeness (QED) is 0.540. The minimum absolute atomic E-state index is 0.0255. The SMILES string of the molecule is CCO.O=C1CCCCCO1. The van der Waals surface area contributed by atoms with Gasteiger partial charge in [0.25, 0.3) is 0 Å². The first kappa shape index (κ1) is 10.4. The van der Waals surface area contributed by atoms with Crippen molar-refractivity contribution in [1.82, 2.24) is 0 Å². The average molecular weight is 160 g/mol. The van der Waals surface area contributed by atoms with Crippen LogP contribution in [0.15, 0.2) is 0 Å². The Bertz CT molecular complexity index is 91.5. The molecule has 1 rings (SSSR count). The van der Waals surface area contributed by atoms with Crippen LogP contribution < -0.4 is 0 Å². The Hall–Kier alpha value is -0.570. The second-order valence-corrected chi connectivity index (χ2v) is 2.35. The molecule has 0 aromatic rings. The number of hydrogen-bond acceptors (Lipinski definition) is 3. The van der Waals surface area contributed by atoms with Crippen LogP contribution in [0.4, 0.5) is 0 Å². The van der Waals surface area contributed by atoms with E-state index in [1.54, 1.807) is 6.92 Å². The Morgan fingerprint density at radius 3 is 2.73 bits per heavy atom. The topological polar surface area (TPSA) is 46.5 Å². The first-order valence-electron chi connectivity index (χ1n) is 4.07. The van der Waals surface area contributed by atoms with Crippen molar-refractivity contribution in [2.24, 2.45) is 0 Å². The van der Waals surface area contributed by atoms with Crippen LogP contribution in [-0.4, -0.2) is 24.3 Å². The number of carbonyl (C=O) groups excluding carboxylic acids is 1. The number of hydrogen-bond donors (Lipinski definition) is 1. The highest BCUT2D eigenvalue weighted by molar-refractivity contribution is 5.69. The van der Waals surface area contributed by atoms with Crippen molar-refractivity contribution in [2.75, 3.05) is 13.2 Å². The van der Waals surface area contributed by atoms with E-state index >= 15 is 0 Å². The Morgan fingerprint density at radius 2 is 2.09 bits per heavy atom. The molecule has 1 saturated heterocycles. The zero-order valence-corrected chi connectivity index (χ0v) is 7.01. The lowest BCUT2D eigenvalue weighted by Crippen LogP contribution is -2.00. The summed E-state index contributed by atoms with van der Waals surface area (Å²) < 4.78 is 4.76. The summed E-state index contributed by atoms with van der Waals surface area (Å²) in [5.41, 5.74) is 0. The van der Waals surface area contributed by atoms with Crippen LogP contribution in [0.1, 0.15) is 32.6 Å². The maximum atomic E-state index is 10.5. The summed E-state index contributed by atoms with van der Waals surface area (Å²) in [4.78, 5) is 10.5. The van der Waals surface area contributed by atoms with Gasteiger partial charge in [0.05, 0.1) is 6.61 Å². The molecule has 11 heavy (non-hydrogen) atoms. The molecule has 3 nitrogen and oxygen atoms in total. The van der Waals surface area contributed by atoms with Crippen molar-refractivity contribution in [1.29, 1.82) is 0 Å². The third kappa shape index (κ3) is 7.33. The van der Waals surface area contributed by atoms with Crippen molar-refractivity contribution >= 4 is 5.97 Å². The largest absolute Gasteiger partial charge is 0.466 e. The van der Waals surface area contributed by atoms with Gasteiger partial charge in [0.2, 0.25) is 0 Å². The van der Waals surface area contributed by atoms with Gasteiger partial charge in [0.15, 0.2) is 0 Å². The van der Waals surface area contributed by atoms with Crippen molar-refractivity contribution in [2.45, 2.75) is 32.6 Å². The van der Waals surface area contributed by atoms with Gasteiger partial charge in [0.1, 0.15) is 0 Å². The Labute approximate surface area is 67.4 Å². The standard InChI is InChI=1S/C6H10O2.C2H6O/c7-6-4-2-1-3-5-8-6;1-2-3/h1-5H2;3H,2H2,1H3.